The van der Waals surface area contributed by atoms with E-state index in [9.17, 15) is 9.59 Å². The Bertz CT molecular complexity index is 410. The SMILES string of the molecule is CCOC(=O)CC(C)=C1CCN(OC(=O)C(C)(C)C)CC1. The van der Waals surface area contributed by atoms with Gasteiger partial charge >= 0.3 is 11.9 Å². The van der Waals surface area contributed by atoms with Crippen LogP contribution >= 0.6 is 0 Å². The van der Waals surface area contributed by atoms with Crippen LogP contribution in [0, 0.1) is 5.41 Å². The third-order valence-corrected chi connectivity index (χ3v) is 3.47. The predicted molar refractivity (Wildman–Crippen MR) is 80.3 cm³/mol. The van der Waals surface area contributed by atoms with Crippen molar-refractivity contribution in [3.05, 3.63) is 11.1 Å². The molecule has 0 atom stereocenters. The zero-order chi connectivity index (χ0) is 16.0. The van der Waals surface area contributed by atoms with Crippen LogP contribution in [0.5, 0.6) is 0 Å². The largest absolute Gasteiger partial charge is 0.466 e. The molecule has 1 rings (SSSR count). The van der Waals surface area contributed by atoms with Crippen molar-refractivity contribution in [3.8, 4) is 0 Å². The van der Waals surface area contributed by atoms with Crippen LogP contribution in [0.3, 0.4) is 0 Å². The summed E-state index contributed by atoms with van der Waals surface area (Å²) < 4.78 is 4.96. The number of nitrogens with zero attached hydrogens (tertiary/aromatic N) is 1. The average Bonchev–Trinajstić information content (AvgIpc) is 2.38. The molecule has 0 radical (unpaired) electrons. The van der Waals surface area contributed by atoms with Gasteiger partial charge in [-0.25, -0.2) is 4.79 Å². The fraction of sp³-hybridized carbons (Fsp3) is 0.750. The van der Waals surface area contributed by atoms with Crippen molar-refractivity contribution in [1.29, 1.82) is 0 Å². The summed E-state index contributed by atoms with van der Waals surface area (Å²) in [7, 11) is 0. The Balaban J connectivity index is 2.48. The number of hydrogen-bond donors (Lipinski definition) is 0. The lowest BCUT2D eigenvalue weighted by Gasteiger charge is -2.30. The van der Waals surface area contributed by atoms with Gasteiger partial charge in [-0.2, -0.15) is 0 Å². The molecule has 120 valence electrons. The summed E-state index contributed by atoms with van der Waals surface area (Å²) in [6, 6.07) is 0. The number of hydroxylamine groups is 2. The van der Waals surface area contributed by atoms with Gasteiger partial charge < -0.3 is 9.57 Å². The molecule has 0 aromatic rings. The number of ether oxygens (including phenoxy) is 1. The van der Waals surface area contributed by atoms with Crippen LogP contribution in [0.25, 0.3) is 0 Å². The van der Waals surface area contributed by atoms with E-state index in [1.54, 1.807) is 5.06 Å². The van der Waals surface area contributed by atoms with E-state index in [1.807, 2.05) is 34.6 Å². The molecule has 1 heterocycles. The molecule has 0 bridgehead atoms. The first-order valence-corrected chi connectivity index (χ1v) is 7.54. The Hall–Kier alpha value is -1.36. The molecule has 0 amide bonds. The quantitative estimate of drug-likeness (QED) is 0.590. The highest BCUT2D eigenvalue weighted by molar-refractivity contribution is 5.75. The second kappa shape index (κ2) is 7.59. The Morgan fingerprint density at radius 3 is 2.24 bits per heavy atom. The van der Waals surface area contributed by atoms with Gasteiger partial charge in [0, 0.05) is 13.1 Å². The normalized spacial score (nSPS) is 16.5. The van der Waals surface area contributed by atoms with Gasteiger partial charge in [0.05, 0.1) is 18.4 Å². The highest BCUT2D eigenvalue weighted by atomic mass is 16.7. The van der Waals surface area contributed by atoms with Crippen LogP contribution in [0.4, 0.5) is 0 Å². The van der Waals surface area contributed by atoms with Gasteiger partial charge in [-0.3, -0.25) is 4.79 Å². The molecule has 1 aliphatic heterocycles. The third-order valence-electron chi connectivity index (χ3n) is 3.47. The molecule has 1 aliphatic rings. The third kappa shape index (κ3) is 5.87. The van der Waals surface area contributed by atoms with Crippen molar-refractivity contribution in [3.63, 3.8) is 0 Å². The molecule has 0 aromatic carbocycles. The predicted octanol–water partition coefficient (Wildman–Crippen LogP) is 2.86. The maximum absolute atomic E-state index is 11.8. The fourth-order valence-corrected chi connectivity index (χ4v) is 2.08. The minimum absolute atomic E-state index is 0.177. The summed E-state index contributed by atoms with van der Waals surface area (Å²) in [5, 5.41) is 1.72. The van der Waals surface area contributed by atoms with Gasteiger partial charge in [0.15, 0.2) is 0 Å². The van der Waals surface area contributed by atoms with Crippen LogP contribution in [-0.2, 0) is 19.2 Å². The molecular weight excluding hydrogens is 270 g/mol. The molecule has 1 saturated heterocycles. The lowest BCUT2D eigenvalue weighted by atomic mass is 9.97. The highest BCUT2D eigenvalue weighted by Crippen LogP contribution is 2.24. The molecule has 0 spiro atoms. The minimum atomic E-state index is -0.490. The smallest absolute Gasteiger partial charge is 0.330 e. The Kier molecular flexibility index (Phi) is 6.40. The van der Waals surface area contributed by atoms with Crippen molar-refractivity contribution < 1.29 is 19.2 Å². The van der Waals surface area contributed by atoms with Gasteiger partial charge in [0.2, 0.25) is 0 Å². The number of rotatable bonds is 4. The summed E-state index contributed by atoms with van der Waals surface area (Å²) in [4.78, 5) is 28.7. The standard InChI is InChI=1S/C16H27NO4/c1-6-20-14(18)11-12(2)13-7-9-17(10-8-13)21-15(19)16(3,4)5/h6-11H2,1-5H3. The highest BCUT2D eigenvalue weighted by Gasteiger charge is 2.27. The Morgan fingerprint density at radius 2 is 1.76 bits per heavy atom. The van der Waals surface area contributed by atoms with Crippen LogP contribution in [0.2, 0.25) is 0 Å². The number of carbonyl (C=O) groups excluding carboxylic acids is 2. The van der Waals surface area contributed by atoms with Gasteiger partial charge in [-0.05, 0) is 47.5 Å². The molecular formula is C16H27NO4. The molecule has 5 heteroatoms. The topological polar surface area (TPSA) is 55.8 Å². The van der Waals surface area contributed by atoms with Gasteiger partial charge in [0.25, 0.3) is 0 Å². The molecule has 0 saturated carbocycles. The summed E-state index contributed by atoms with van der Waals surface area (Å²) in [6.07, 6.45) is 2.00. The zero-order valence-corrected chi connectivity index (χ0v) is 13.8. The maximum atomic E-state index is 11.8. The van der Waals surface area contributed by atoms with Crippen molar-refractivity contribution >= 4 is 11.9 Å². The van der Waals surface area contributed by atoms with Gasteiger partial charge in [0.1, 0.15) is 0 Å². The van der Waals surface area contributed by atoms with Crippen molar-refractivity contribution in [1.82, 2.24) is 5.06 Å². The number of esters is 1. The fourth-order valence-electron chi connectivity index (χ4n) is 2.08. The summed E-state index contributed by atoms with van der Waals surface area (Å²) in [5.74, 6) is -0.387. The van der Waals surface area contributed by atoms with E-state index >= 15 is 0 Å². The monoisotopic (exact) mass is 297 g/mol. The minimum Gasteiger partial charge on any atom is -0.466 e. The number of hydrogen-bond acceptors (Lipinski definition) is 5. The summed E-state index contributed by atoms with van der Waals surface area (Å²) >= 11 is 0. The molecule has 1 fully saturated rings. The molecule has 5 nitrogen and oxygen atoms in total. The van der Waals surface area contributed by atoms with E-state index in [0.29, 0.717) is 26.1 Å². The van der Waals surface area contributed by atoms with Crippen molar-refractivity contribution in [2.24, 2.45) is 5.41 Å². The van der Waals surface area contributed by atoms with Crippen LogP contribution in [-0.4, -0.2) is 36.7 Å². The van der Waals surface area contributed by atoms with Crippen molar-refractivity contribution in [2.45, 2.75) is 53.9 Å². The van der Waals surface area contributed by atoms with E-state index in [-0.39, 0.29) is 11.9 Å². The molecule has 0 aromatic heterocycles. The summed E-state index contributed by atoms with van der Waals surface area (Å²) in [6.45, 7) is 11.1. The second-order valence-corrected chi connectivity index (χ2v) is 6.42. The molecule has 21 heavy (non-hydrogen) atoms. The maximum Gasteiger partial charge on any atom is 0.330 e. The molecule has 0 aliphatic carbocycles. The lowest BCUT2D eigenvalue weighted by molar-refractivity contribution is -0.202. The van der Waals surface area contributed by atoms with E-state index in [1.165, 1.54) is 5.57 Å². The van der Waals surface area contributed by atoms with Crippen LogP contribution in [0.1, 0.15) is 53.9 Å². The van der Waals surface area contributed by atoms with Crippen LogP contribution < -0.4 is 0 Å². The Labute approximate surface area is 127 Å². The molecule has 0 unspecified atom stereocenters. The first kappa shape index (κ1) is 17.7. The van der Waals surface area contributed by atoms with E-state index in [0.717, 1.165) is 18.4 Å². The molecule has 0 N–H and O–H groups in total. The Morgan fingerprint density at radius 1 is 1.19 bits per heavy atom. The van der Waals surface area contributed by atoms with Gasteiger partial charge in [-0.1, -0.05) is 11.1 Å². The zero-order valence-electron chi connectivity index (χ0n) is 13.8. The van der Waals surface area contributed by atoms with Gasteiger partial charge in [-0.15, -0.1) is 5.06 Å². The van der Waals surface area contributed by atoms with E-state index < -0.39 is 5.41 Å². The van der Waals surface area contributed by atoms with Crippen LogP contribution in [0.15, 0.2) is 11.1 Å². The second-order valence-electron chi connectivity index (χ2n) is 6.42. The first-order chi connectivity index (χ1) is 9.74. The average molecular weight is 297 g/mol. The first-order valence-electron chi connectivity index (χ1n) is 7.54. The lowest BCUT2D eigenvalue weighted by Crippen LogP contribution is -2.37. The summed E-state index contributed by atoms with van der Waals surface area (Å²) in [5.41, 5.74) is 1.86. The van der Waals surface area contributed by atoms with E-state index in [4.69, 9.17) is 9.57 Å². The van der Waals surface area contributed by atoms with E-state index in [2.05, 4.69) is 0 Å². The number of carbonyl (C=O) groups is 2. The number of piperidine rings is 1. The van der Waals surface area contributed by atoms with Crippen molar-refractivity contribution in [2.75, 3.05) is 19.7 Å².